The van der Waals surface area contributed by atoms with Crippen LogP contribution in [0.1, 0.15) is 181 Å². The van der Waals surface area contributed by atoms with E-state index >= 15 is 0 Å². The van der Waals surface area contributed by atoms with Crippen LogP contribution in [0, 0.1) is 0 Å². The Balaban J connectivity index is 4.35. The smallest absolute Gasteiger partial charge is 0.306 e. The third kappa shape index (κ3) is 35.0. The summed E-state index contributed by atoms with van der Waals surface area (Å²) in [6, 6.07) is -0.727. The lowest BCUT2D eigenvalue weighted by atomic mass is 10.1. The second-order valence-electron chi connectivity index (χ2n) is 15.6. The SMILES string of the molecule is CCCC/C=C\CCCCCCCC(=O)OCC(COCCC(C(=O)[O-])[N+](C)(C)C)OC(=O)CCCCCCCCC/C=C\C/C=C\CCCCCC. The molecule has 0 N–H and O–H groups in total. The lowest BCUT2D eigenvalue weighted by Gasteiger charge is -2.34. The third-order valence-corrected chi connectivity index (χ3v) is 9.50. The zero-order valence-corrected chi connectivity index (χ0v) is 34.9. The van der Waals surface area contributed by atoms with E-state index in [2.05, 4.69) is 50.3 Å². The Hall–Kier alpha value is -2.45. The van der Waals surface area contributed by atoms with Crippen molar-refractivity contribution >= 4 is 17.9 Å². The molecular weight excluding hydrogens is 666 g/mol. The van der Waals surface area contributed by atoms with E-state index in [4.69, 9.17) is 14.2 Å². The van der Waals surface area contributed by atoms with E-state index in [0.717, 1.165) is 64.2 Å². The van der Waals surface area contributed by atoms with Gasteiger partial charge in [0, 0.05) is 19.3 Å². The molecule has 0 aromatic rings. The van der Waals surface area contributed by atoms with E-state index < -0.39 is 18.1 Å². The molecule has 0 spiro atoms. The monoisotopic (exact) mass is 748 g/mol. The van der Waals surface area contributed by atoms with Crippen molar-refractivity contribution in [3.63, 3.8) is 0 Å². The maximum Gasteiger partial charge on any atom is 0.306 e. The average Bonchev–Trinajstić information content (AvgIpc) is 3.11. The van der Waals surface area contributed by atoms with Gasteiger partial charge in [0.1, 0.15) is 12.6 Å². The number of rotatable bonds is 38. The minimum atomic E-state index is -1.13. The van der Waals surface area contributed by atoms with Crippen molar-refractivity contribution in [1.29, 1.82) is 0 Å². The van der Waals surface area contributed by atoms with Gasteiger partial charge in [-0.3, -0.25) is 9.59 Å². The fraction of sp³-hybridized carbons (Fsp3) is 0.800. The molecule has 0 fully saturated rings. The molecule has 53 heavy (non-hydrogen) atoms. The summed E-state index contributed by atoms with van der Waals surface area (Å²) in [5.41, 5.74) is 0. The Morgan fingerprint density at radius 3 is 1.53 bits per heavy atom. The van der Waals surface area contributed by atoms with Crippen LogP contribution in [0.4, 0.5) is 0 Å². The molecule has 0 amide bonds. The van der Waals surface area contributed by atoms with Gasteiger partial charge in [-0.25, -0.2) is 0 Å². The number of carbonyl (C=O) groups excluding carboxylic acids is 3. The van der Waals surface area contributed by atoms with Crippen LogP contribution in [0.5, 0.6) is 0 Å². The predicted molar refractivity (Wildman–Crippen MR) is 217 cm³/mol. The van der Waals surface area contributed by atoms with Gasteiger partial charge in [0.05, 0.1) is 40.3 Å². The Bertz CT molecular complexity index is 968. The number of hydrogen-bond donors (Lipinski definition) is 0. The van der Waals surface area contributed by atoms with Gasteiger partial charge in [-0.2, -0.15) is 0 Å². The average molecular weight is 748 g/mol. The summed E-state index contributed by atoms with van der Waals surface area (Å²) in [6.45, 7) is 4.59. The van der Waals surface area contributed by atoms with Crippen molar-refractivity contribution < 1.29 is 38.2 Å². The Morgan fingerprint density at radius 1 is 0.566 bits per heavy atom. The highest BCUT2D eigenvalue weighted by Crippen LogP contribution is 2.13. The van der Waals surface area contributed by atoms with Crippen molar-refractivity contribution in [2.75, 3.05) is 41.0 Å². The molecule has 0 radical (unpaired) electrons. The van der Waals surface area contributed by atoms with Crippen LogP contribution < -0.4 is 5.11 Å². The molecule has 0 aromatic carbocycles. The number of carboxylic acids is 1. The van der Waals surface area contributed by atoms with Crippen LogP contribution in [0.25, 0.3) is 0 Å². The largest absolute Gasteiger partial charge is 0.544 e. The number of likely N-dealkylation sites (N-methyl/N-ethyl adjacent to an activating group) is 1. The molecule has 0 heterocycles. The van der Waals surface area contributed by atoms with Gasteiger partial charge in [0.15, 0.2) is 6.10 Å². The zero-order valence-electron chi connectivity index (χ0n) is 34.9. The first-order valence-electron chi connectivity index (χ1n) is 21.5. The molecule has 308 valence electrons. The van der Waals surface area contributed by atoms with E-state index in [1.54, 1.807) is 21.1 Å². The first-order valence-corrected chi connectivity index (χ1v) is 21.5. The van der Waals surface area contributed by atoms with Gasteiger partial charge in [0.2, 0.25) is 0 Å². The quantitative estimate of drug-likeness (QED) is 0.0268. The maximum atomic E-state index is 12.7. The minimum absolute atomic E-state index is 0.0356. The standard InChI is InChI=1S/C45H81NO7/c1-6-8-10-12-14-16-18-19-20-21-22-23-24-26-28-30-32-34-36-44(48)53-41(39-51-38-37-42(45(49)50)46(3,4)5)40-52-43(47)35-33-31-29-27-25-17-15-13-11-9-7-2/h13,15-16,18,20-21,41-42H,6-12,14,17,19,22-40H2,1-5H3/b15-13-,18-16-,21-20-. The summed E-state index contributed by atoms with van der Waals surface area (Å²) in [7, 11) is 5.40. The number of quaternary nitrogens is 1. The number of ether oxygens (including phenoxy) is 3. The summed E-state index contributed by atoms with van der Waals surface area (Å²) in [6.07, 6.45) is 40.2. The fourth-order valence-corrected chi connectivity index (χ4v) is 6.08. The van der Waals surface area contributed by atoms with E-state index in [-0.39, 0.29) is 42.7 Å². The van der Waals surface area contributed by atoms with Crippen LogP contribution in [-0.2, 0) is 28.6 Å². The first-order chi connectivity index (χ1) is 25.6. The number of allylic oxidation sites excluding steroid dienone is 6. The summed E-state index contributed by atoms with van der Waals surface area (Å²) in [5.74, 6) is -1.76. The van der Waals surface area contributed by atoms with Crippen LogP contribution in [-0.4, -0.2) is 75.5 Å². The van der Waals surface area contributed by atoms with Crippen LogP contribution >= 0.6 is 0 Å². The zero-order chi connectivity index (χ0) is 39.3. The van der Waals surface area contributed by atoms with E-state index in [0.29, 0.717) is 12.8 Å². The van der Waals surface area contributed by atoms with E-state index in [9.17, 15) is 19.5 Å². The van der Waals surface area contributed by atoms with Crippen molar-refractivity contribution in [3.05, 3.63) is 36.5 Å². The summed E-state index contributed by atoms with van der Waals surface area (Å²) < 4.78 is 17.1. The summed E-state index contributed by atoms with van der Waals surface area (Å²) >= 11 is 0. The van der Waals surface area contributed by atoms with Crippen LogP contribution in [0.2, 0.25) is 0 Å². The third-order valence-electron chi connectivity index (χ3n) is 9.50. The van der Waals surface area contributed by atoms with E-state index in [1.165, 1.54) is 83.5 Å². The lowest BCUT2D eigenvalue weighted by molar-refractivity contribution is -0.889. The number of nitrogens with zero attached hydrogens (tertiary/aromatic N) is 1. The van der Waals surface area contributed by atoms with Crippen LogP contribution in [0.15, 0.2) is 36.5 Å². The predicted octanol–water partition coefficient (Wildman–Crippen LogP) is 10.1. The topological polar surface area (TPSA) is 102 Å². The molecule has 8 heteroatoms. The number of hydrogen-bond acceptors (Lipinski definition) is 7. The van der Waals surface area contributed by atoms with Crippen LogP contribution in [0.3, 0.4) is 0 Å². The van der Waals surface area contributed by atoms with Gasteiger partial charge in [-0.1, -0.05) is 134 Å². The highest BCUT2D eigenvalue weighted by molar-refractivity contribution is 5.70. The molecule has 8 nitrogen and oxygen atoms in total. The summed E-state index contributed by atoms with van der Waals surface area (Å²) in [4.78, 5) is 36.8. The van der Waals surface area contributed by atoms with Crippen molar-refractivity contribution in [1.82, 2.24) is 0 Å². The van der Waals surface area contributed by atoms with Crippen molar-refractivity contribution in [3.8, 4) is 0 Å². The molecule has 0 rings (SSSR count). The Morgan fingerprint density at radius 2 is 1.02 bits per heavy atom. The second kappa shape index (κ2) is 36.5. The normalized spacial score (nSPS) is 13.3. The first kappa shape index (κ1) is 50.5. The molecular formula is C45H81NO7. The number of carboxylic acid groups (broad SMARTS) is 1. The minimum Gasteiger partial charge on any atom is -0.544 e. The van der Waals surface area contributed by atoms with Crippen molar-refractivity contribution in [2.24, 2.45) is 0 Å². The van der Waals surface area contributed by atoms with Gasteiger partial charge in [0.25, 0.3) is 0 Å². The van der Waals surface area contributed by atoms with Gasteiger partial charge in [-0.05, 0) is 64.2 Å². The molecule has 0 aliphatic carbocycles. The number of aliphatic carboxylic acids is 1. The molecule has 0 bridgehead atoms. The number of unbranched alkanes of at least 4 members (excludes halogenated alkanes) is 18. The summed E-state index contributed by atoms with van der Waals surface area (Å²) in [5, 5.41) is 11.6. The van der Waals surface area contributed by atoms with Gasteiger partial charge < -0.3 is 28.6 Å². The highest BCUT2D eigenvalue weighted by Gasteiger charge is 2.25. The molecule has 0 aromatic heterocycles. The molecule has 0 aliphatic heterocycles. The van der Waals surface area contributed by atoms with Gasteiger partial charge >= 0.3 is 11.9 Å². The van der Waals surface area contributed by atoms with Gasteiger partial charge in [-0.15, -0.1) is 0 Å². The molecule has 2 unspecified atom stereocenters. The Kier molecular flexibility index (Phi) is 34.8. The molecule has 0 saturated heterocycles. The highest BCUT2D eigenvalue weighted by atomic mass is 16.6. The second-order valence-corrected chi connectivity index (χ2v) is 15.6. The fourth-order valence-electron chi connectivity index (χ4n) is 6.08. The van der Waals surface area contributed by atoms with E-state index in [1.807, 2.05) is 0 Å². The maximum absolute atomic E-state index is 12.7. The number of esters is 2. The van der Waals surface area contributed by atoms with Crippen molar-refractivity contribution in [2.45, 2.75) is 193 Å². The molecule has 0 saturated carbocycles. The molecule has 2 atom stereocenters. The lowest BCUT2D eigenvalue weighted by Crippen LogP contribution is -2.55. The molecule has 0 aliphatic rings. The Labute approximate surface area is 325 Å². The number of carbonyl (C=O) groups is 3.